The van der Waals surface area contributed by atoms with Gasteiger partial charge in [0.05, 0.1) is 6.61 Å². The van der Waals surface area contributed by atoms with Crippen LogP contribution in [0.5, 0.6) is 28.7 Å². The summed E-state index contributed by atoms with van der Waals surface area (Å²) in [7, 11) is 0. The first-order valence-corrected chi connectivity index (χ1v) is 9.81. The van der Waals surface area contributed by atoms with Gasteiger partial charge in [0, 0.05) is 17.7 Å². The summed E-state index contributed by atoms with van der Waals surface area (Å²) in [5, 5.41) is 78.0. The van der Waals surface area contributed by atoms with Crippen molar-refractivity contribution in [1.82, 2.24) is 0 Å². The maximum Gasteiger partial charge on any atom is 0.229 e. The van der Waals surface area contributed by atoms with Crippen LogP contribution in [-0.4, -0.2) is 78.3 Å². The van der Waals surface area contributed by atoms with Crippen molar-refractivity contribution < 1.29 is 59.8 Å². The Labute approximate surface area is 189 Å². The zero-order chi connectivity index (χ0) is 24.7. The number of fused-ring (bicyclic) bond motifs is 1. The second-order valence-electron chi connectivity index (χ2n) is 7.51. The largest absolute Gasteiger partial charge is 0.504 e. The molecule has 8 N–H and O–H groups in total. The molecule has 182 valence electrons. The summed E-state index contributed by atoms with van der Waals surface area (Å²) in [6.45, 7) is -0.739. The standard InChI is InChI=1S/C21H20O13/c22-6-14-16(26)18(28)19(29)21(32-14)33-20-13(34-30)5-12-15(17(20)27)10(25)4-11(31-12)7-1-2-8(23)9(24)3-7/h1-5,14,16,18-19,21-24,26-30H,6H2/t14-,16+,18-,19-,21-/m1/s1. The molecule has 13 nitrogen and oxygen atoms in total. The van der Waals surface area contributed by atoms with Crippen LogP contribution in [0.1, 0.15) is 0 Å². The van der Waals surface area contributed by atoms with E-state index in [0.717, 1.165) is 18.2 Å². The van der Waals surface area contributed by atoms with Crippen LogP contribution in [0.2, 0.25) is 0 Å². The predicted octanol–water partition coefficient (Wildman–Crippen LogP) is -0.393. The third-order valence-corrected chi connectivity index (χ3v) is 5.35. The molecular formula is C21H20O13. The molecule has 0 saturated carbocycles. The molecule has 0 bridgehead atoms. The van der Waals surface area contributed by atoms with Gasteiger partial charge in [-0.3, -0.25) is 4.79 Å². The summed E-state index contributed by atoms with van der Waals surface area (Å²) < 4.78 is 16.1. The lowest BCUT2D eigenvalue weighted by Gasteiger charge is -2.39. The Hall–Kier alpha value is -3.59. The van der Waals surface area contributed by atoms with Crippen molar-refractivity contribution in [1.29, 1.82) is 0 Å². The van der Waals surface area contributed by atoms with Gasteiger partial charge >= 0.3 is 0 Å². The number of aliphatic hydroxyl groups is 4. The molecule has 0 spiro atoms. The number of rotatable bonds is 5. The molecule has 5 atom stereocenters. The van der Waals surface area contributed by atoms with E-state index in [0.29, 0.717) is 0 Å². The minimum atomic E-state index is -1.85. The molecule has 2 aromatic carbocycles. The second-order valence-corrected chi connectivity index (χ2v) is 7.51. The van der Waals surface area contributed by atoms with E-state index in [4.69, 9.17) is 13.9 Å². The fourth-order valence-corrected chi connectivity index (χ4v) is 3.54. The van der Waals surface area contributed by atoms with E-state index in [1.54, 1.807) is 0 Å². The van der Waals surface area contributed by atoms with Crippen LogP contribution >= 0.6 is 0 Å². The number of ether oxygens (including phenoxy) is 2. The minimum absolute atomic E-state index is 0.0568. The zero-order valence-electron chi connectivity index (χ0n) is 17.1. The van der Waals surface area contributed by atoms with Gasteiger partial charge in [-0.2, -0.15) is 0 Å². The van der Waals surface area contributed by atoms with Crippen molar-refractivity contribution in [2.24, 2.45) is 0 Å². The topological polar surface area (TPSA) is 220 Å². The summed E-state index contributed by atoms with van der Waals surface area (Å²) in [5.74, 6) is -3.02. The molecular weight excluding hydrogens is 460 g/mol. The van der Waals surface area contributed by atoms with Gasteiger partial charge in [-0.05, 0) is 18.2 Å². The summed E-state index contributed by atoms with van der Waals surface area (Å²) in [5.41, 5.74) is -0.830. The van der Waals surface area contributed by atoms with Gasteiger partial charge in [0.25, 0.3) is 0 Å². The number of benzene rings is 2. The van der Waals surface area contributed by atoms with E-state index in [9.17, 15) is 45.8 Å². The highest BCUT2D eigenvalue weighted by Crippen LogP contribution is 2.44. The first kappa shape index (κ1) is 23.6. The lowest BCUT2D eigenvalue weighted by molar-refractivity contribution is -0.278. The smallest absolute Gasteiger partial charge is 0.229 e. The fourth-order valence-electron chi connectivity index (χ4n) is 3.54. The molecule has 13 heteroatoms. The van der Waals surface area contributed by atoms with Crippen molar-refractivity contribution in [3.63, 3.8) is 0 Å². The van der Waals surface area contributed by atoms with Crippen molar-refractivity contribution in [3.05, 3.63) is 40.6 Å². The molecule has 2 heterocycles. The van der Waals surface area contributed by atoms with Gasteiger partial charge in [0.1, 0.15) is 41.1 Å². The highest BCUT2D eigenvalue weighted by atomic mass is 17.1. The van der Waals surface area contributed by atoms with Crippen LogP contribution < -0.4 is 15.1 Å². The first-order valence-electron chi connectivity index (χ1n) is 9.81. The average molecular weight is 480 g/mol. The maximum absolute atomic E-state index is 12.8. The molecule has 4 rings (SSSR count). The maximum atomic E-state index is 12.8. The van der Waals surface area contributed by atoms with E-state index in [1.165, 1.54) is 12.1 Å². The molecule has 3 aromatic rings. The Morgan fingerprint density at radius 3 is 2.32 bits per heavy atom. The summed E-state index contributed by atoms with van der Waals surface area (Å²) in [4.78, 5) is 17.0. The molecule has 0 aliphatic carbocycles. The van der Waals surface area contributed by atoms with E-state index in [1.807, 2.05) is 0 Å². The van der Waals surface area contributed by atoms with Gasteiger partial charge < -0.3 is 54.5 Å². The lowest BCUT2D eigenvalue weighted by atomic mass is 9.99. The zero-order valence-corrected chi connectivity index (χ0v) is 17.1. The average Bonchev–Trinajstić information content (AvgIpc) is 2.81. The highest BCUT2D eigenvalue weighted by Gasteiger charge is 2.45. The van der Waals surface area contributed by atoms with Gasteiger partial charge in [-0.25, -0.2) is 5.26 Å². The third-order valence-electron chi connectivity index (χ3n) is 5.35. The van der Waals surface area contributed by atoms with Crippen molar-refractivity contribution >= 4 is 11.0 Å². The van der Waals surface area contributed by atoms with Crippen LogP contribution in [0.25, 0.3) is 22.3 Å². The van der Waals surface area contributed by atoms with Crippen molar-refractivity contribution in [3.8, 4) is 40.1 Å². The molecule has 0 amide bonds. The number of hydrogen-bond donors (Lipinski definition) is 8. The third kappa shape index (κ3) is 3.96. The highest BCUT2D eigenvalue weighted by molar-refractivity contribution is 5.89. The van der Waals surface area contributed by atoms with Crippen molar-refractivity contribution in [2.75, 3.05) is 6.61 Å². The van der Waals surface area contributed by atoms with E-state index < -0.39 is 76.9 Å². The molecule has 0 radical (unpaired) electrons. The number of phenolic OH excluding ortho intramolecular Hbond substituents is 3. The Morgan fingerprint density at radius 2 is 1.68 bits per heavy atom. The van der Waals surface area contributed by atoms with Crippen LogP contribution in [0.15, 0.2) is 39.5 Å². The first-order chi connectivity index (χ1) is 16.2. The van der Waals surface area contributed by atoms with Gasteiger partial charge in [0.2, 0.25) is 17.8 Å². The number of hydrogen-bond acceptors (Lipinski definition) is 13. The van der Waals surface area contributed by atoms with E-state index in [-0.39, 0.29) is 16.9 Å². The normalized spacial score (nSPS) is 24.8. The Kier molecular flexibility index (Phi) is 6.22. The van der Waals surface area contributed by atoms with Crippen LogP contribution in [0, 0.1) is 0 Å². The number of aromatic hydroxyl groups is 3. The monoisotopic (exact) mass is 480 g/mol. The van der Waals surface area contributed by atoms with E-state index >= 15 is 0 Å². The SMILES string of the molecule is O=c1cc(-c2ccc(O)c(O)c2)oc2cc(OO)c(O[C@H]3O[C@H](CO)[C@H](O)[C@@H](O)[C@H]3O)c(O)c12. The summed E-state index contributed by atoms with van der Waals surface area (Å²) >= 11 is 0. The lowest BCUT2D eigenvalue weighted by Crippen LogP contribution is -2.60. The van der Waals surface area contributed by atoms with Gasteiger partial charge in [0.15, 0.2) is 22.7 Å². The van der Waals surface area contributed by atoms with Crippen LogP contribution in [-0.2, 0) is 4.74 Å². The quantitative estimate of drug-likeness (QED) is 0.133. The van der Waals surface area contributed by atoms with Crippen LogP contribution in [0.4, 0.5) is 0 Å². The summed E-state index contributed by atoms with van der Waals surface area (Å²) in [6, 6.07) is 5.65. The molecule has 1 saturated heterocycles. The fraction of sp³-hybridized carbons (Fsp3) is 0.286. The van der Waals surface area contributed by atoms with Gasteiger partial charge in [-0.15, -0.1) is 0 Å². The number of phenols is 3. The number of aliphatic hydroxyl groups excluding tert-OH is 4. The summed E-state index contributed by atoms with van der Waals surface area (Å²) in [6.07, 6.45) is -8.37. The second kappa shape index (κ2) is 8.98. The molecule has 1 fully saturated rings. The molecule has 0 unspecified atom stereocenters. The molecule has 34 heavy (non-hydrogen) atoms. The Balaban J connectivity index is 1.78. The predicted molar refractivity (Wildman–Crippen MR) is 111 cm³/mol. The Bertz CT molecular complexity index is 1270. The van der Waals surface area contributed by atoms with Gasteiger partial charge in [-0.1, -0.05) is 0 Å². The van der Waals surface area contributed by atoms with Crippen LogP contribution in [0.3, 0.4) is 0 Å². The van der Waals surface area contributed by atoms with Crippen molar-refractivity contribution in [2.45, 2.75) is 30.7 Å². The Morgan fingerprint density at radius 1 is 0.941 bits per heavy atom. The molecule has 1 aliphatic heterocycles. The molecule has 1 aliphatic rings. The minimum Gasteiger partial charge on any atom is -0.504 e. The van der Waals surface area contributed by atoms with E-state index in [2.05, 4.69) is 4.89 Å². The molecule has 1 aromatic heterocycles.